The Morgan fingerprint density at radius 3 is 2.82 bits per heavy atom. The summed E-state index contributed by atoms with van der Waals surface area (Å²) in [4.78, 5) is 18.0. The van der Waals surface area contributed by atoms with Gasteiger partial charge in [-0.3, -0.25) is 4.79 Å². The van der Waals surface area contributed by atoms with Crippen molar-refractivity contribution in [2.24, 2.45) is 0 Å². The smallest absolute Gasteiger partial charge is 0.255 e. The maximum absolute atomic E-state index is 12.2. The summed E-state index contributed by atoms with van der Waals surface area (Å²) in [5, 5.41) is 3.01. The first-order valence-electron chi connectivity index (χ1n) is 6.89. The molecule has 0 unspecified atom stereocenters. The maximum Gasteiger partial charge on any atom is 0.255 e. The Labute approximate surface area is 138 Å². The molecule has 0 aliphatic heterocycles. The summed E-state index contributed by atoms with van der Waals surface area (Å²) < 4.78 is 6.58. The van der Waals surface area contributed by atoms with Gasteiger partial charge in [-0.1, -0.05) is 22.0 Å². The van der Waals surface area contributed by atoms with Crippen LogP contribution in [-0.4, -0.2) is 43.0 Å². The molecule has 0 saturated carbocycles. The number of pyridine rings is 1. The average Bonchev–Trinajstić information content (AvgIpc) is 2.52. The van der Waals surface area contributed by atoms with E-state index in [2.05, 4.69) is 26.2 Å². The van der Waals surface area contributed by atoms with Gasteiger partial charge in [0, 0.05) is 36.9 Å². The van der Waals surface area contributed by atoms with E-state index in [0.29, 0.717) is 23.7 Å². The van der Waals surface area contributed by atoms with Crippen molar-refractivity contribution in [2.75, 3.05) is 27.2 Å². The second-order valence-corrected chi connectivity index (χ2v) is 5.69. The van der Waals surface area contributed by atoms with Crippen molar-refractivity contribution >= 4 is 21.8 Å². The maximum atomic E-state index is 12.2. The first-order valence-corrected chi connectivity index (χ1v) is 7.69. The van der Waals surface area contributed by atoms with Gasteiger partial charge in [0.1, 0.15) is 5.75 Å². The highest BCUT2D eigenvalue weighted by molar-refractivity contribution is 9.10. The third kappa shape index (κ3) is 4.54. The monoisotopic (exact) mass is 363 g/mol. The molecule has 0 radical (unpaired) electrons. The van der Waals surface area contributed by atoms with Gasteiger partial charge >= 0.3 is 0 Å². The predicted octanol–water partition coefficient (Wildman–Crippen LogP) is 2.93. The van der Waals surface area contributed by atoms with Crippen molar-refractivity contribution in [1.29, 1.82) is 0 Å². The second-order valence-electron chi connectivity index (χ2n) is 4.77. The number of likely N-dealkylation sites (N-methyl/N-ethyl adjacent to an activating group) is 2. The molecule has 0 fully saturated rings. The van der Waals surface area contributed by atoms with Crippen LogP contribution in [0.15, 0.2) is 47.1 Å². The summed E-state index contributed by atoms with van der Waals surface area (Å²) in [6.45, 7) is 1.39. The van der Waals surface area contributed by atoms with E-state index in [9.17, 15) is 4.79 Å². The van der Waals surface area contributed by atoms with Gasteiger partial charge in [-0.15, -0.1) is 0 Å². The zero-order valence-corrected chi connectivity index (χ0v) is 14.1. The lowest BCUT2D eigenvalue weighted by Gasteiger charge is -2.16. The number of benzene rings is 1. The summed E-state index contributed by atoms with van der Waals surface area (Å²) in [5.74, 6) is 1.08. The molecule has 22 heavy (non-hydrogen) atoms. The number of aromatic nitrogens is 1. The Balaban J connectivity index is 2.02. The van der Waals surface area contributed by atoms with Gasteiger partial charge in [-0.2, -0.15) is 0 Å². The van der Waals surface area contributed by atoms with Gasteiger partial charge in [0.2, 0.25) is 5.88 Å². The Bertz CT molecular complexity index is 632. The molecule has 1 heterocycles. The van der Waals surface area contributed by atoms with Crippen LogP contribution in [0.3, 0.4) is 0 Å². The van der Waals surface area contributed by atoms with Crippen molar-refractivity contribution in [1.82, 2.24) is 15.2 Å². The van der Waals surface area contributed by atoms with Crippen LogP contribution in [0.1, 0.15) is 10.4 Å². The van der Waals surface area contributed by atoms with E-state index < -0.39 is 0 Å². The van der Waals surface area contributed by atoms with Crippen LogP contribution in [0, 0.1) is 0 Å². The van der Waals surface area contributed by atoms with E-state index in [1.165, 1.54) is 6.20 Å². The number of amides is 1. The number of hydrogen-bond acceptors (Lipinski definition) is 4. The normalized spacial score (nSPS) is 10.3. The van der Waals surface area contributed by atoms with Gasteiger partial charge in [-0.25, -0.2) is 4.98 Å². The van der Waals surface area contributed by atoms with E-state index in [1.807, 2.05) is 31.3 Å². The van der Waals surface area contributed by atoms with Gasteiger partial charge < -0.3 is 15.0 Å². The highest BCUT2D eigenvalue weighted by Crippen LogP contribution is 2.23. The third-order valence-electron chi connectivity index (χ3n) is 3.05. The molecular formula is C16H18BrN3O2. The molecule has 2 aromatic rings. The summed E-state index contributed by atoms with van der Waals surface area (Å²) >= 11 is 3.39. The Morgan fingerprint density at radius 1 is 1.36 bits per heavy atom. The molecule has 0 saturated heterocycles. The lowest BCUT2D eigenvalue weighted by atomic mass is 10.2. The zero-order chi connectivity index (χ0) is 15.9. The molecule has 5 nitrogen and oxygen atoms in total. The fourth-order valence-electron chi connectivity index (χ4n) is 1.82. The zero-order valence-electron chi connectivity index (χ0n) is 12.5. The number of halogens is 1. The number of nitrogens with one attached hydrogen (secondary N) is 1. The first-order chi connectivity index (χ1) is 10.6. The summed E-state index contributed by atoms with van der Waals surface area (Å²) in [7, 11) is 3.62. The minimum Gasteiger partial charge on any atom is -0.439 e. The lowest BCUT2D eigenvalue weighted by Crippen LogP contribution is -2.32. The Hall–Kier alpha value is -1.92. The van der Waals surface area contributed by atoms with Crippen molar-refractivity contribution in [3.8, 4) is 11.6 Å². The molecular weight excluding hydrogens is 346 g/mol. The summed E-state index contributed by atoms with van der Waals surface area (Å²) in [5.41, 5.74) is 0.542. The number of nitrogens with zero attached hydrogens (tertiary/aromatic N) is 2. The van der Waals surface area contributed by atoms with Gasteiger partial charge in [0.05, 0.1) is 5.56 Å². The van der Waals surface area contributed by atoms with E-state index in [1.54, 1.807) is 24.1 Å². The van der Waals surface area contributed by atoms with E-state index in [-0.39, 0.29) is 5.91 Å². The van der Waals surface area contributed by atoms with Crippen LogP contribution in [-0.2, 0) is 0 Å². The lowest BCUT2D eigenvalue weighted by molar-refractivity contribution is 0.0796. The number of ether oxygens (including phenoxy) is 1. The minimum absolute atomic E-state index is 0.0586. The van der Waals surface area contributed by atoms with E-state index in [0.717, 1.165) is 11.0 Å². The number of rotatable bonds is 6. The fourth-order valence-corrected chi connectivity index (χ4v) is 2.20. The highest BCUT2D eigenvalue weighted by atomic mass is 79.9. The molecule has 116 valence electrons. The van der Waals surface area contributed by atoms with Crippen LogP contribution < -0.4 is 10.1 Å². The Kier molecular flexibility index (Phi) is 5.91. The highest BCUT2D eigenvalue weighted by Gasteiger charge is 2.11. The second kappa shape index (κ2) is 7.91. The molecule has 0 bridgehead atoms. The molecule has 1 aromatic carbocycles. The quantitative estimate of drug-likeness (QED) is 0.857. The van der Waals surface area contributed by atoms with E-state index >= 15 is 0 Å². The topological polar surface area (TPSA) is 54.5 Å². The summed E-state index contributed by atoms with van der Waals surface area (Å²) in [6.07, 6.45) is 1.53. The van der Waals surface area contributed by atoms with Crippen LogP contribution >= 0.6 is 15.9 Å². The minimum atomic E-state index is -0.0586. The van der Waals surface area contributed by atoms with Crippen LogP contribution in [0.25, 0.3) is 0 Å². The third-order valence-corrected chi connectivity index (χ3v) is 3.54. The van der Waals surface area contributed by atoms with Crippen molar-refractivity contribution in [2.45, 2.75) is 0 Å². The van der Waals surface area contributed by atoms with Crippen LogP contribution in [0.4, 0.5) is 0 Å². The first kappa shape index (κ1) is 16.5. The molecule has 0 aliphatic rings. The molecule has 0 spiro atoms. The molecule has 1 N–H and O–H groups in total. The van der Waals surface area contributed by atoms with E-state index in [4.69, 9.17) is 4.74 Å². The van der Waals surface area contributed by atoms with Crippen molar-refractivity contribution in [3.05, 3.63) is 52.6 Å². The Morgan fingerprint density at radius 2 is 2.18 bits per heavy atom. The van der Waals surface area contributed by atoms with Gasteiger partial charge in [0.15, 0.2) is 0 Å². The SMILES string of the molecule is CNCCN(C)C(=O)c1ccc(Oc2cccc(Br)c2)nc1. The fraction of sp³-hybridized carbons (Fsp3) is 0.250. The van der Waals surface area contributed by atoms with Crippen LogP contribution in [0.5, 0.6) is 11.6 Å². The molecule has 0 atom stereocenters. The van der Waals surface area contributed by atoms with Gasteiger partial charge in [0.25, 0.3) is 5.91 Å². The predicted molar refractivity (Wildman–Crippen MR) is 89.3 cm³/mol. The number of carbonyl (C=O) groups excluding carboxylic acids is 1. The molecule has 1 amide bonds. The standard InChI is InChI=1S/C16H18BrN3O2/c1-18-8-9-20(2)16(21)12-6-7-15(19-11-12)22-14-5-3-4-13(17)10-14/h3-7,10-11,18H,8-9H2,1-2H3. The van der Waals surface area contributed by atoms with Crippen molar-refractivity contribution < 1.29 is 9.53 Å². The largest absolute Gasteiger partial charge is 0.439 e. The molecule has 1 aromatic heterocycles. The van der Waals surface area contributed by atoms with Crippen LogP contribution in [0.2, 0.25) is 0 Å². The molecule has 2 rings (SSSR count). The molecule has 0 aliphatic carbocycles. The van der Waals surface area contributed by atoms with Gasteiger partial charge in [-0.05, 0) is 31.3 Å². The molecule has 6 heteroatoms. The summed E-state index contributed by atoms with van der Waals surface area (Å²) in [6, 6.07) is 10.9. The number of carbonyl (C=O) groups is 1. The number of hydrogen-bond donors (Lipinski definition) is 1. The van der Waals surface area contributed by atoms with Crippen molar-refractivity contribution in [3.63, 3.8) is 0 Å². The average molecular weight is 364 g/mol.